The number of thiophene rings is 1. The molecule has 4 nitrogen and oxygen atoms in total. The number of nitrogens with zero attached hydrogens (tertiary/aromatic N) is 1. The summed E-state index contributed by atoms with van der Waals surface area (Å²) in [6.07, 6.45) is 4.81. The van der Waals surface area contributed by atoms with Crippen LogP contribution in [0.15, 0.2) is 11.4 Å². The summed E-state index contributed by atoms with van der Waals surface area (Å²) in [5.41, 5.74) is 1.26. The minimum atomic E-state index is -0.328. The highest BCUT2D eigenvalue weighted by Crippen LogP contribution is 2.37. The van der Waals surface area contributed by atoms with Crippen molar-refractivity contribution in [2.45, 2.75) is 51.1 Å². The van der Waals surface area contributed by atoms with Gasteiger partial charge < -0.3 is 10.2 Å². The predicted octanol–water partition coefficient (Wildman–Crippen LogP) is 2.25. The molecule has 1 aromatic rings. The van der Waals surface area contributed by atoms with E-state index < -0.39 is 0 Å². The Morgan fingerprint density at radius 3 is 3.10 bits per heavy atom. The van der Waals surface area contributed by atoms with E-state index >= 15 is 0 Å². The van der Waals surface area contributed by atoms with Gasteiger partial charge in [0, 0.05) is 4.88 Å². The fourth-order valence-electron chi connectivity index (χ4n) is 3.27. The summed E-state index contributed by atoms with van der Waals surface area (Å²) in [4.78, 5) is 27.7. The van der Waals surface area contributed by atoms with Crippen LogP contribution in [0, 0.1) is 0 Å². The summed E-state index contributed by atoms with van der Waals surface area (Å²) in [7, 11) is 0. The zero-order chi connectivity index (χ0) is 14.1. The number of piperazine rings is 1. The fourth-order valence-corrected chi connectivity index (χ4v) is 4.25. The summed E-state index contributed by atoms with van der Waals surface area (Å²) in [6.45, 7) is 2.25. The first kappa shape index (κ1) is 13.6. The maximum Gasteiger partial charge on any atom is 0.246 e. The monoisotopic (exact) mass is 292 g/mol. The molecule has 3 rings (SSSR count). The van der Waals surface area contributed by atoms with Crippen molar-refractivity contribution in [1.29, 1.82) is 0 Å². The molecule has 1 aliphatic carbocycles. The van der Waals surface area contributed by atoms with Gasteiger partial charge in [-0.1, -0.05) is 13.3 Å². The Morgan fingerprint density at radius 1 is 1.45 bits per heavy atom. The van der Waals surface area contributed by atoms with E-state index in [0.717, 1.165) is 32.1 Å². The third-order valence-corrected chi connectivity index (χ3v) is 5.20. The number of nitrogens with one attached hydrogen (secondary N) is 1. The Labute approximate surface area is 123 Å². The molecular weight excluding hydrogens is 272 g/mol. The van der Waals surface area contributed by atoms with E-state index in [1.165, 1.54) is 10.4 Å². The first-order valence-corrected chi connectivity index (χ1v) is 8.24. The van der Waals surface area contributed by atoms with Gasteiger partial charge in [0.15, 0.2) is 0 Å². The molecule has 2 heterocycles. The number of fused-ring (bicyclic) bond motifs is 1. The van der Waals surface area contributed by atoms with Crippen molar-refractivity contribution in [3.05, 3.63) is 21.9 Å². The van der Waals surface area contributed by atoms with Crippen molar-refractivity contribution in [2.24, 2.45) is 0 Å². The molecule has 1 aromatic heterocycles. The van der Waals surface area contributed by atoms with Crippen molar-refractivity contribution in [2.75, 3.05) is 6.54 Å². The molecule has 0 radical (unpaired) electrons. The number of hydrogen-bond donors (Lipinski definition) is 1. The first-order valence-electron chi connectivity index (χ1n) is 7.36. The molecule has 1 aliphatic heterocycles. The lowest BCUT2D eigenvalue weighted by Gasteiger charge is -2.39. The van der Waals surface area contributed by atoms with Crippen LogP contribution >= 0.6 is 11.3 Å². The molecular formula is C15H20N2O2S. The van der Waals surface area contributed by atoms with E-state index in [-0.39, 0.29) is 30.4 Å². The molecule has 5 heteroatoms. The van der Waals surface area contributed by atoms with Crippen LogP contribution in [0.25, 0.3) is 0 Å². The van der Waals surface area contributed by atoms with E-state index in [9.17, 15) is 9.59 Å². The van der Waals surface area contributed by atoms with Gasteiger partial charge in [0.1, 0.15) is 12.6 Å². The Kier molecular flexibility index (Phi) is 3.78. The number of aryl methyl sites for hydroxylation is 1. The number of carbonyl (C=O) groups is 2. The van der Waals surface area contributed by atoms with Crippen molar-refractivity contribution in [1.82, 2.24) is 10.2 Å². The number of amides is 2. The summed E-state index contributed by atoms with van der Waals surface area (Å²) in [5, 5.41) is 4.92. The van der Waals surface area contributed by atoms with Crippen LogP contribution in [-0.2, 0) is 16.0 Å². The highest BCUT2D eigenvalue weighted by Gasteiger charge is 2.38. The maximum absolute atomic E-state index is 12.6. The van der Waals surface area contributed by atoms with E-state index in [2.05, 4.69) is 16.8 Å². The molecule has 2 amide bonds. The lowest BCUT2D eigenvalue weighted by atomic mass is 9.91. The molecule has 0 aromatic carbocycles. The summed E-state index contributed by atoms with van der Waals surface area (Å²) in [5.74, 6) is 0.0703. The zero-order valence-corrected chi connectivity index (χ0v) is 12.5. The molecule has 0 bridgehead atoms. The molecule has 20 heavy (non-hydrogen) atoms. The zero-order valence-electron chi connectivity index (χ0n) is 11.7. The van der Waals surface area contributed by atoms with Crippen molar-refractivity contribution < 1.29 is 9.59 Å². The Bertz CT molecular complexity index is 526. The van der Waals surface area contributed by atoms with Crippen molar-refractivity contribution >= 4 is 23.2 Å². The molecule has 2 atom stereocenters. The van der Waals surface area contributed by atoms with E-state index in [1.54, 1.807) is 11.3 Å². The topological polar surface area (TPSA) is 49.4 Å². The smallest absolute Gasteiger partial charge is 0.246 e. The summed E-state index contributed by atoms with van der Waals surface area (Å²) >= 11 is 1.77. The molecule has 1 fully saturated rings. The minimum absolute atomic E-state index is 0.0228. The quantitative estimate of drug-likeness (QED) is 0.929. The standard InChI is InChI=1S/C15H20N2O2S/c1-2-4-11-15(19)17(9-14(18)16-11)12-5-3-6-13-10(12)7-8-20-13/h7-8,11-12H,2-6,9H2,1H3,(H,16,18). The average molecular weight is 292 g/mol. The van der Waals surface area contributed by atoms with Crippen LogP contribution in [0.1, 0.15) is 49.1 Å². The van der Waals surface area contributed by atoms with Crippen LogP contribution in [0.5, 0.6) is 0 Å². The molecule has 0 saturated carbocycles. The second kappa shape index (κ2) is 5.56. The van der Waals surface area contributed by atoms with Crippen LogP contribution < -0.4 is 5.32 Å². The van der Waals surface area contributed by atoms with Crippen LogP contribution in [0.4, 0.5) is 0 Å². The van der Waals surface area contributed by atoms with Gasteiger partial charge in [-0.2, -0.15) is 0 Å². The van der Waals surface area contributed by atoms with Gasteiger partial charge in [-0.05, 0) is 42.7 Å². The van der Waals surface area contributed by atoms with Gasteiger partial charge in [-0.3, -0.25) is 9.59 Å². The number of rotatable bonds is 3. The highest BCUT2D eigenvalue weighted by atomic mass is 32.1. The normalized spacial score (nSPS) is 26.4. The van der Waals surface area contributed by atoms with E-state index in [0.29, 0.717) is 0 Å². The first-order chi connectivity index (χ1) is 9.70. The number of carbonyl (C=O) groups excluding carboxylic acids is 2. The van der Waals surface area contributed by atoms with Gasteiger partial charge in [0.2, 0.25) is 11.8 Å². The second-order valence-electron chi connectivity index (χ2n) is 5.58. The van der Waals surface area contributed by atoms with Crippen molar-refractivity contribution in [3.8, 4) is 0 Å². The van der Waals surface area contributed by atoms with Crippen molar-refractivity contribution in [3.63, 3.8) is 0 Å². The van der Waals surface area contributed by atoms with Crippen LogP contribution in [0.3, 0.4) is 0 Å². The molecule has 108 valence electrons. The molecule has 2 aliphatic rings. The average Bonchev–Trinajstić information content (AvgIpc) is 2.91. The van der Waals surface area contributed by atoms with Crippen LogP contribution in [-0.4, -0.2) is 29.3 Å². The predicted molar refractivity (Wildman–Crippen MR) is 78.5 cm³/mol. The van der Waals surface area contributed by atoms with Gasteiger partial charge in [0.25, 0.3) is 0 Å². The summed E-state index contributed by atoms with van der Waals surface area (Å²) < 4.78 is 0. The fraction of sp³-hybridized carbons (Fsp3) is 0.600. The lowest BCUT2D eigenvalue weighted by Crippen LogP contribution is -2.58. The highest BCUT2D eigenvalue weighted by molar-refractivity contribution is 7.10. The Morgan fingerprint density at radius 2 is 2.30 bits per heavy atom. The number of hydrogen-bond acceptors (Lipinski definition) is 3. The van der Waals surface area contributed by atoms with Gasteiger partial charge in [-0.25, -0.2) is 0 Å². The maximum atomic E-state index is 12.6. The molecule has 2 unspecified atom stereocenters. The van der Waals surface area contributed by atoms with Gasteiger partial charge >= 0.3 is 0 Å². The largest absolute Gasteiger partial charge is 0.343 e. The Hall–Kier alpha value is -1.36. The lowest BCUT2D eigenvalue weighted by molar-refractivity contribution is -0.147. The second-order valence-corrected chi connectivity index (χ2v) is 6.58. The molecule has 1 saturated heterocycles. The summed E-state index contributed by atoms with van der Waals surface area (Å²) in [6, 6.07) is 1.89. The van der Waals surface area contributed by atoms with Gasteiger partial charge in [0.05, 0.1) is 6.04 Å². The SMILES string of the molecule is CCCC1NC(=O)CN(C2CCCc3sccc32)C1=O. The third kappa shape index (κ3) is 2.35. The Balaban J connectivity index is 1.86. The van der Waals surface area contributed by atoms with E-state index in [4.69, 9.17) is 0 Å². The third-order valence-electron chi connectivity index (χ3n) is 4.20. The molecule has 1 N–H and O–H groups in total. The van der Waals surface area contributed by atoms with Gasteiger partial charge in [-0.15, -0.1) is 11.3 Å². The molecule has 0 spiro atoms. The minimum Gasteiger partial charge on any atom is -0.343 e. The van der Waals surface area contributed by atoms with E-state index in [1.807, 2.05) is 11.8 Å². The van der Waals surface area contributed by atoms with Crippen LogP contribution in [0.2, 0.25) is 0 Å².